The van der Waals surface area contributed by atoms with Gasteiger partial charge >= 0.3 is 5.97 Å². The average Bonchev–Trinajstić information content (AvgIpc) is 2.59. The molecule has 4 atom stereocenters. The Morgan fingerprint density at radius 1 is 0.857 bits per heavy atom. The van der Waals surface area contributed by atoms with Crippen LogP contribution in [0, 0.1) is 5.92 Å². The van der Waals surface area contributed by atoms with E-state index in [1.165, 1.54) is 13.8 Å². The maximum atomic E-state index is 12.2. The summed E-state index contributed by atoms with van der Waals surface area (Å²) in [5.74, 6) is -2.55. The van der Waals surface area contributed by atoms with Crippen molar-refractivity contribution in [2.24, 2.45) is 17.4 Å². The second-order valence-electron chi connectivity index (χ2n) is 7.38. The Morgan fingerprint density at radius 2 is 1.36 bits per heavy atom. The maximum Gasteiger partial charge on any atom is 0.326 e. The van der Waals surface area contributed by atoms with Gasteiger partial charge in [0.2, 0.25) is 17.7 Å². The molecule has 10 heteroatoms. The molecule has 28 heavy (non-hydrogen) atoms. The number of carbonyl (C=O) groups is 4. The number of amides is 3. The molecule has 0 aliphatic heterocycles. The molecular weight excluding hydrogens is 366 g/mol. The van der Waals surface area contributed by atoms with Crippen molar-refractivity contribution in [2.45, 2.75) is 77.5 Å². The Labute approximate surface area is 166 Å². The van der Waals surface area contributed by atoms with Gasteiger partial charge in [-0.05, 0) is 52.0 Å². The molecule has 0 aromatic carbocycles. The quantitative estimate of drug-likeness (QED) is 0.216. The van der Waals surface area contributed by atoms with Crippen molar-refractivity contribution in [3.05, 3.63) is 0 Å². The average molecular weight is 402 g/mol. The SMILES string of the molecule is CC(C)CC(N)C(=O)NC(C)C(=O)NC(C)C(=O)NC(CCCCN)C(=O)O. The molecule has 0 fully saturated rings. The van der Waals surface area contributed by atoms with Crippen LogP contribution in [0.15, 0.2) is 0 Å². The zero-order valence-corrected chi connectivity index (χ0v) is 17.2. The second kappa shape index (κ2) is 13.1. The molecule has 3 amide bonds. The number of hydrogen-bond acceptors (Lipinski definition) is 6. The summed E-state index contributed by atoms with van der Waals surface area (Å²) in [4.78, 5) is 47.6. The molecule has 0 spiro atoms. The van der Waals surface area contributed by atoms with Crippen LogP contribution in [-0.4, -0.2) is 59.5 Å². The van der Waals surface area contributed by atoms with E-state index in [1.54, 1.807) is 0 Å². The van der Waals surface area contributed by atoms with Crippen molar-refractivity contribution in [3.63, 3.8) is 0 Å². The van der Waals surface area contributed by atoms with Gasteiger partial charge in [-0.2, -0.15) is 0 Å². The number of unbranched alkanes of at least 4 members (excludes halogenated alkanes) is 1. The standard InChI is InChI=1S/C18H35N5O5/c1-10(2)9-13(20)17(26)22-11(3)15(24)21-12(4)16(25)23-14(18(27)28)7-5-6-8-19/h10-14H,5-9,19-20H2,1-4H3,(H,21,24)(H,22,26)(H,23,25)(H,27,28). The first-order chi connectivity index (χ1) is 13.0. The van der Waals surface area contributed by atoms with Crippen LogP contribution in [0.1, 0.15) is 53.4 Å². The molecule has 8 N–H and O–H groups in total. The minimum absolute atomic E-state index is 0.237. The zero-order chi connectivity index (χ0) is 21.9. The first-order valence-electron chi connectivity index (χ1n) is 9.59. The number of nitrogens with one attached hydrogen (secondary N) is 3. The van der Waals surface area contributed by atoms with Crippen molar-refractivity contribution in [1.29, 1.82) is 0 Å². The maximum absolute atomic E-state index is 12.2. The topological polar surface area (TPSA) is 177 Å². The van der Waals surface area contributed by atoms with Crippen molar-refractivity contribution in [3.8, 4) is 0 Å². The van der Waals surface area contributed by atoms with Gasteiger partial charge in [-0.15, -0.1) is 0 Å². The van der Waals surface area contributed by atoms with E-state index in [-0.39, 0.29) is 12.3 Å². The fraction of sp³-hybridized carbons (Fsp3) is 0.778. The highest BCUT2D eigenvalue weighted by molar-refractivity contribution is 5.93. The third-order valence-corrected chi connectivity index (χ3v) is 4.13. The van der Waals surface area contributed by atoms with Crippen molar-refractivity contribution >= 4 is 23.7 Å². The van der Waals surface area contributed by atoms with Gasteiger partial charge in [0.05, 0.1) is 6.04 Å². The number of carbonyl (C=O) groups excluding carboxylic acids is 3. The predicted octanol–water partition coefficient (Wildman–Crippen LogP) is -0.932. The Balaban J connectivity index is 4.58. The van der Waals surface area contributed by atoms with Crippen LogP contribution in [0.25, 0.3) is 0 Å². The zero-order valence-electron chi connectivity index (χ0n) is 17.2. The Hall–Kier alpha value is -2.20. The molecule has 0 saturated heterocycles. The molecule has 0 heterocycles. The Bertz CT molecular complexity index is 540. The fourth-order valence-corrected chi connectivity index (χ4v) is 2.45. The molecule has 0 aliphatic rings. The lowest BCUT2D eigenvalue weighted by Crippen LogP contribution is -2.55. The van der Waals surface area contributed by atoms with Crippen LogP contribution in [0.3, 0.4) is 0 Å². The smallest absolute Gasteiger partial charge is 0.326 e. The van der Waals surface area contributed by atoms with Crippen molar-refractivity contribution in [2.75, 3.05) is 6.54 Å². The molecule has 0 saturated carbocycles. The van der Waals surface area contributed by atoms with Crippen LogP contribution in [-0.2, 0) is 19.2 Å². The summed E-state index contributed by atoms with van der Waals surface area (Å²) in [5.41, 5.74) is 11.2. The van der Waals surface area contributed by atoms with E-state index < -0.39 is 47.9 Å². The minimum Gasteiger partial charge on any atom is -0.480 e. The van der Waals surface area contributed by atoms with Crippen LogP contribution in [0.2, 0.25) is 0 Å². The van der Waals surface area contributed by atoms with Gasteiger partial charge in [0.1, 0.15) is 18.1 Å². The van der Waals surface area contributed by atoms with Gasteiger partial charge in [0, 0.05) is 0 Å². The van der Waals surface area contributed by atoms with Crippen molar-refractivity contribution in [1.82, 2.24) is 16.0 Å². The summed E-state index contributed by atoms with van der Waals surface area (Å²) < 4.78 is 0. The third kappa shape index (κ3) is 10.2. The summed E-state index contributed by atoms with van der Waals surface area (Å²) in [6.45, 7) is 7.23. The largest absolute Gasteiger partial charge is 0.480 e. The molecule has 0 radical (unpaired) electrons. The number of carboxylic acid groups (broad SMARTS) is 1. The van der Waals surface area contributed by atoms with Gasteiger partial charge < -0.3 is 32.5 Å². The van der Waals surface area contributed by atoms with E-state index in [0.29, 0.717) is 25.8 Å². The molecular formula is C18H35N5O5. The van der Waals surface area contributed by atoms with E-state index in [9.17, 15) is 24.3 Å². The Kier molecular flexibility index (Phi) is 12.0. The molecule has 0 aromatic rings. The monoisotopic (exact) mass is 401 g/mol. The minimum atomic E-state index is -1.15. The summed E-state index contributed by atoms with van der Waals surface area (Å²) in [6.07, 6.45) is 1.95. The number of aliphatic carboxylic acids is 1. The molecule has 162 valence electrons. The third-order valence-electron chi connectivity index (χ3n) is 4.13. The Morgan fingerprint density at radius 3 is 1.82 bits per heavy atom. The number of nitrogens with two attached hydrogens (primary N) is 2. The van der Waals surface area contributed by atoms with Gasteiger partial charge in [0.15, 0.2) is 0 Å². The van der Waals surface area contributed by atoms with Crippen LogP contribution in [0.4, 0.5) is 0 Å². The highest BCUT2D eigenvalue weighted by atomic mass is 16.4. The second-order valence-corrected chi connectivity index (χ2v) is 7.38. The van der Waals surface area contributed by atoms with Crippen LogP contribution >= 0.6 is 0 Å². The normalized spacial score (nSPS) is 15.2. The summed E-state index contributed by atoms with van der Waals surface area (Å²) in [7, 11) is 0. The van der Waals surface area contributed by atoms with Crippen molar-refractivity contribution < 1.29 is 24.3 Å². The highest BCUT2D eigenvalue weighted by Crippen LogP contribution is 2.03. The lowest BCUT2D eigenvalue weighted by Gasteiger charge is -2.22. The van der Waals surface area contributed by atoms with Gasteiger partial charge in [-0.25, -0.2) is 4.79 Å². The molecule has 0 aromatic heterocycles. The molecule has 0 aliphatic carbocycles. The lowest BCUT2D eigenvalue weighted by molar-refractivity contribution is -0.142. The van der Waals surface area contributed by atoms with Gasteiger partial charge in [-0.1, -0.05) is 13.8 Å². The van der Waals surface area contributed by atoms with Gasteiger partial charge in [0.25, 0.3) is 0 Å². The van der Waals surface area contributed by atoms with E-state index in [1.807, 2.05) is 13.8 Å². The predicted molar refractivity (Wildman–Crippen MR) is 105 cm³/mol. The number of carboxylic acids is 1. The first-order valence-corrected chi connectivity index (χ1v) is 9.59. The number of rotatable bonds is 13. The van der Waals surface area contributed by atoms with Crippen LogP contribution in [0.5, 0.6) is 0 Å². The fourth-order valence-electron chi connectivity index (χ4n) is 2.45. The lowest BCUT2D eigenvalue weighted by atomic mass is 10.0. The van der Waals surface area contributed by atoms with Crippen LogP contribution < -0.4 is 27.4 Å². The molecule has 4 unspecified atom stereocenters. The summed E-state index contributed by atoms with van der Waals surface area (Å²) in [5, 5.41) is 16.6. The number of hydrogen-bond donors (Lipinski definition) is 6. The molecule has 10 nitrogen and oxygen atoms in total. The van der Waals surface area contributed by atoms with E-state index >= 15 is 0 Å². The van der Waals surface area contributed by atoms with E-state index in [4.69, 9.17) is 11.5 Å². The van der Waals surface area contributed by atoms with Gasteiger partial charge in [-0.3, -0.25) is 14.4 Å². The summed E-state index contributed by atoms with van der Waals surface area (Å²) >= 11 is 0. The molecule has 0 rings (SSSR count). The highest BCUT2D eigenvalue weighted by Gasteiger charge is 2.26. The first kappa shape index (κ1) is 25.8. The molecule has 0 bridgehead atoms. The summed E-state index contributed by atoms with van der Waals surface area (Å²) in [6, 6.07) is -3.63. The van der Waals surface area contributed by atoms with E-state index in [0.717, 1.165) is 0 Å². The van der Waals surface area contributed by atoms with E-state index in [2.05, 4.69) is 16.0 Å².